The average Bonchev–Trinajstić information content (AvgIpc) is 2.91. The lowest BCUT2D eigenvalue weighted by molar-refractivity contribution is 0.104. The molecule has 0 aliphatic heterocycles. The van der Waals surface area contributed by atoms with E-state index in [1.165, 1.54) is 16.9 Å². The lowest BCUT2D eigenvalue weighted by atomic mass is 10.2. The van der Waals surface area contributed by atoms with Crippen molar-refractivity contribution in [1.82, 2.24) is 4.90 Å². The van der Waals surface area contributed by atoms with Crippen LogP contribution in [-0.4, -0.2) is 17.7 Å². The number of carbonyl (C=O) groups is 1. The number of benzene rings is 1. The molecule has 0 radical (unpaired) electrons. The van der Waals surface area contributed by atoms with Crippen molar-refractivity contribution in [3.8, 4) is 0 Å². The minimum Gasteiger partial charge on any atom is -0.376 e. The summed E-state index contributed by atoms with van der Waals surface area (Å²) in [7, 11) is 1.96. The maximum atomic E-state index is 11.8. The van der Waals surface area contributed by atoms with Crippen LogP contribution in [0.5, 0.6) is 0 Å². The second-order valence-corrected chi connectivity index (χ2v) is 4.87. The Morgan fingerprint density at radius 1 is 1.28 bits per heavy atom. The fraction of sp³-hybridized carbons (Fsp3) is 0.133. The van der Waals surface area contributed by atoms with E-state index in [-0.39, 0.29) is 5.78 Å². The zero-order chi connectivity index (χ0) is 12.8. The highest BCUT2D eigenvalue weighted by Gasteiger charge is 2.01. The topological polar surface area (TPSA) is 20.3 Å². The number of hydrogen-bond donors (Lipinski definition) is 0. The molecule has 0 saturated carbocycles. The Morgan fingerprint density at radius 2 is 2.06 bits per heavy atom. The van der Waals surface area contributed by atoms with Crippen LogP contribution < -0.4 is 0 Å². The van der Waals surface area contributed by atoms with Crippen LogP contribution in [0, 0.1) is 0 Å². The largest absolute Gasteiger partial charge is 0.376 e. The third kappa shape index (κ3) is 3.57. The molecule has 92 valence electrons. The minimum atomic E-state index is 0.0520. The molecule has 18 heavy (non-hydrogen) atoms. The molecule has 0 aliphatic rings. The number of thiophene rings is 1. The number of nitrogens with zero attached hydrogens (tertiary/aromatic N) is 1. The number of ketones is 1. The summed E-state index contributed by atoms with van der Waals surface area (Å²) < 4.78 is 0. The van der Waals surface area contributed by atoms with E-state index in [2.05, 4.69) is 12.1 Å². The van der Waals surface area contributed by atoms with Gasteiger partial charge in [-0.2, -0.15) is 11.3 Å². The zero-order valence-electron chi connectivity index (χ0n) is 10.2. The fourth-order valence-corrected chi connectivity index (χ4v) is 2.27. The quantitative estimate of drug-likeness (QED) is 0.603. The van der Waals surface area contributed by atoms with Gasteiger partial charge in [-0.25, -0.2) is 0 Å². The summed E-state index contributed by atoms with van der Waals surface area (Å²) in [5.74, 6) is 0.0520. The third-order valence-corrected chi connectivity index (χ3v) is 3.24. The summed E-state index contributed by atoms with van der Waals surface area (Å²) in [6, 6.07) is 12.0. The van der Waals surface area contributed by atoms with Crippen molar-refractivity contribution < 1.29 is 4.79 Å². The molecule has 0 atom stereocenters. The predicted molar refractivity (Wildman–Crippen MR) is 75.7 cm³/mol. The number of allylic oxidation sites excluding steroid dienone is 1. The van der Waals surface area contributed by atoms with E-state index in [9.17, 15) is 4.79 Å². The molecule has 2 rings (SSSR count). The Balaban J connectivity index is 1.91. The van der Waals surface area contributed by atoms with Gasteiger partial charge in [0.2, 0.25) is 0 Å². The van der Waals surface area contributed by atoms with E-state index in [1.54, 1.807) is 6.08 Å². The molecule has 0 saturated heterocycles. The zero-order valence-corrected chi connectivity index (χ0v) is 11.1. The average molecular weight is 257 g/mol. The second-order valence-electron chi connectivity index (χ2n) is 4.09. The number of rotatable bonds is 5. The Bertz CT molecular complexity index is 517. The molecule has 1 aromatic heterocycles. The SMILES string of the molecule is CN(C=CC(=O)c1ccsc1)Cc1ccccc1. The van der Waals surface area contributed by atoms with Crippen LogP contribution in [0.4, 0.5) is 0 Å². The molecule has 0 N–H and O–H groups in total. The molecule has 0 unspecified atom stereocenters. The first-order chi connectivity index (χ1) is 8.75. The molecule has 0 spiro atoms. The van der Waals surface area contributed by atoms with Gasteiger partial charge in [0.1, 0.15) is 0 Å². The van der Waals surface area contributed by atoms with Crippen LogP contribution in [0.15, 0.2) is 59.4 Å². The van der Waals surface area contributed by atoms with E-state index in [1.807, 2.05) is 53.2 Å². The summed E-state index contributed by atoms with van der Waals surface area (Å²) >= 11 is 1.54. The van der Waals surface area contributed by atoms with Crippen LogP contribution in [0.2, 0.25) is 0 Å². The van der Waals surface area contributed by atoms with Gasteiger partial charge in [-0.05, 0) is 17.0 Å². The molecule has 2 aromatic rings. The van der Waals surface area contributed by atoms with Crippen molar-refractivity contribution in [2.24, 2.45) is 0 Å². The monoisotopic (exact) mass is 257 g/mol. The number of hydrogen-bond acceptors (Lipinski definition) is 3. The van der Waals surface area contributed by atoms with Crippen molar-refractivity contribution >= 4 is 17.1 Å². The first-order valence-electron chi connectivity index (χ1n) is 5.74. The summed E-state index contributed by atoms with van der Waals surface area (Å²) in [6.07, 6.45) is 3.44. The van der Waals surface area contributed by atoms with Gasteiger partial charge in [0.25, 0.3) is 0 Å². The molecular weight excluding hydrogens is 242 g/mol. The van der Waals surface area contributed by atoms with Gasteiger partial charge in [-0.3, -0.25) is 4.79 Å². The van der Waals surface area contributed by atoms with Gasteiger partial charge in [0, 0.05) is 36.8 Å². The van der Waals surface area contributed by atoms with E-state index >= 15 is 0 Å². The fourth-order valence-electron chi connectivity index (χ4n) is 1.62. The molecule has 1 heterocycles. The van der Waals surface area contributed by atoms with Crippen molar-refractivity contribution in [3.63, 3.8) is 0 Å². The summed E-state index contributed by atoms with van der Waals surface area (Å²) in [5.41, 5.74) is 1.98. The Kier molecular flexibility index (Phi) is 4.31. The van der Waals surface area contributed by atoms with Crippen LogP contribution >= 0.6 is 11.3 Å². The molecule has 0 amide bonds. The molecule has 1 aromatic carbocycles. The van der Waals surface area contributed by atoms with Crippen molar-refractivity contribution in [2.75, 3.05) is 7.05 Å². The van der Waals surface area contributed by atoms with Crippen LogP contribution in [0.3, 0.4) is 0 Å². The van der Waals surface area contributed by atoms with Crippen molar-refractivity contribution in [1.29, 1.82) is 0 Å². The van der Waals surface area contributed by atoms with Gasteiger partial charge in [-0.15, -0.1) is 0 Å². The van der Waals surface area contributed by atoms with Gasteiger partial charge >= 0.3 is 0 Å². The van der Waals surface area contributed by atoms with Gasteiger partial charge in [0.15, 0.2) is 5.78 Å². The lowest BCUT2D eigenvalue weighted by Crippen LogP contribution is -2.10. The Hall–Kier alpha value is -1.87. The standard InChI is InChI=1S/C15H15NOS/c1-16(11-13-5-3-2-4-6-13)9-7-15(17)14-8-10-18-12-14/h2-10,12H,11H2,1H3. The van der Waals surface area contributed by atoms with E-state index in [4.69, 9.17) is 0 Å². The minimum absolute atomic E-state index is 0.0520. The normalized spacial score (nSPS) is 10.7. The van der Waals surface area contributed by atoms with Gasteiger partial charge < -0.3 is 4.90 Å². The van der Waals surface area contributed by atoms with Crippen molar-refractivity contribution in [3.05, 3.63) is 70.6 Å². The van der Waals surface area contributed by atoms with E-state index < -0.39 is 0 Å². The van der Waals surface area contributed by atoms with E-state index in [0.717, 1.165) is 12.1 Å². The molecule has 2 nitrogen and oxygen atoms in total. The summed E-state index contributed by atoms with van der Waals surface area (Å²) in [6.45, 7) is 0.800. The van der Waals surface area contributed by atoms with Gasteiger partial charge in [-0.1, -0.05) is 30.3 Å². The highest BCUT2D eigenvalue weighted by Crippen LogP contribution is 2.08. The maximum absolute atomic E-state index is 11.8. The number of carbonyl (C=O) groups excluding carboxylic acids is 1. The maximum Gasteiger partial charge on any atom is 0.188 e. The van der Waals surface area contributed by atoms with Gasteiger partial charge in [0.05, 0.1) is 0 Å². The first-order valence-corrected chi connectivity index (χ1v) is 6.69. The second kappa shape index (κ2) is 6.17. The van der Waals surface area contributed by atoms with Crippen LogP contribution in [-0.2, 0) is 6.54 Å². The molecule has 0 aliphatic carbocycles. The van der Waals surface area contributed by atoms with Crippen molar-refractivity contribution in [2.45, 2.75) is 6.54 Å². The molecular formula is C15H15NOS. The summed E-state index contributed by atoms with van der Waals surface area (Å²) in [5, 5.41) is 3.78. The third-order valence-electron chi connectivity index (χ3n) is 2.56. The lowest BCUT2D eigenvalue weighted by Gasteiger charge is -2.13. The molecule has 0 bridgehead atoms. The highest BCUT2D eigenvalue weighted by atomic mass is 32.1. The Morgan fingerprint density at radius 3 is 2.72 bits per heavy atom. The van der Waals surface area contributed by atoms with E-state index in [0.29, 0.717) is 0 Å². The van der Waals surface area contributed by atoms with Crippen LogP contribution in [0.25, 0.3) is 0 Å². The van der Waals surface area contributed by atoms with Crippen LogP contribution in [0.1, 0.15) is 15.9 Å². The molecule has 3 heteroatoms. The Labute approximate surface area is 111 Å². The highest BCUT2D eigenvalue weighted by molar-refractivity contribution is 7.08. The predicted octanol–water partition coefficient (Wildman–Crippen LogP) is 3.58. The smallest absolute Gasteiger partial charge is 0.188 e. The molecule has 0 fully saturated rings. The summed E-state index contributed by atoms with van der Waals surface area (Å²) in [4.78, 5) is 13.8. The first kappa shape index (κ1) is 12.6.